The van der Waals surface area contributed by atoms with E-state index in [0.29, 0.717) is 28.2 Å². The van der Waals surface area contributed by atoms with Gasteiger partial charge in [0, 0.05) is 5.02 Å². The fourth-order valence-electron chi connectivity index (χ4n) is 1.83. The van der Waals surface area contributed by atoms with E-state index in [-0.39, 0.29) is 0 Å². The lowest BCUT2D eigenvalue weighted by molar-refractivity contribution is 0.311. The standard InChI is InChI=1S/C16H16Cl2N2O2/c1-3-22-15-9-11(8-14(18)16(15)21-2)10-19-20-13-6-4-12(17)5-7-13/h4-10,20H,3H2,1-2H3/b19-10+. The second-order valence-corrected chi connectivity index (χ2v) is 5.19. The first-order valence-corrected chi connectivity index (χ1v) is 7.44. The predicted molar refractivity (Wildman–Crippen MR) is 91.8 cm³/mol. The Morgan fingerprint density at radius 2 is 1.91 bits per heavy atom. The van der Waals surface area contributed by atoms with E-state index in [2.05, 4.69) is 10.5 Å². The molecular weight excluding hydrogens is 323 g/mol. The van der Waals surface area contributed by atoms with E-state index in [1.165, 1.54) is 0 Å². The molecule has 0 spiro atoms. The lowest BCUT2D eigenvalue weighted by atomic mass is 10.2. The van der Waals surface area contributed by atoms with Gasteiger partial charge in [-0.2, -0.15) is 5.10 Å². The van der Waals surface area contributed by atoms with Crippen molar-refractivity contribution in [2.75, 3.05) is 19.1 Å². The summed E-state index contributed by atoms with van der Waals surface area (Å²) in [6, 6.07) is 10.8. The lowest BCUT2D eigenvalue weighted by Gasteiger charge is -2.11. The first-order chi connectivity index (χ1) is 10.6. The Hall–Kier alpha value is -1.91. The zero-order valence-electron chi connectivity index (χ0n) is 12.3. The van der Waals surface area contributed by atoms with E-state index < -0.39 is 0 Å². The third kappa shape index (κ3) is 4.29. The quantitative estimate of drug-likeness (QED) is 0.604. The minimum absolute atomic E-state index is 0.474. The third-order valence-corrected chi connectivity index (χ3v) is 3.32. The zero-order valence-corrected chi connectivity index (χ0v) is 13.8. The van der Waals surface area contributed by atoms with Gasteiger partial charge in [0.05, 0.1) is 30.6 Å². The highest BCUT2D eigenvalue weighted by Crippen LogP contribution is 2.35. The van der Waals surface area contributed by atoms with Crippen LogP contribution in [0.15, 0.2) is 41.5 Å². The maximum absolute atomic E-state index is 6.18. The highest BCUT2D eigenvalue weighted by molar-refractivity contribution is 6.32. The summed E-state index contributed by atoms with van der Waals surface area (Å²) >= 11 is 12.0. The molecule has 2 aromatic rings. The van der Waals surface area contributed by atoms with Gasteiger partial charge in [-0.15, -0.1) is 0 Å². The number of methoxy groups -OCH3 is 1. The largest absolute Gasteiger partial charge is 0.491 e. The highest BCUT2D eigenvalue weighted by Gasteiger charge is 2.10. The van der Waals surface area contributed by atoms with Crippen molar-refractivity contribution in [3.05, 3.63) is 52.0 Å². The fraction of sp³-hybridized carbons (Fsp3) is 0.188. The lowest BCUT2D eigenvalue weighted by Crippen LogP contribution is -1.98. The Bertz CT molecular complexity index is 658. The second kappa shape index (κ2) is 7.92. The van der Waals surface area contributed by atoms with Crippen molar-refractivity contribution in [3.8, 4) is 11.5 Å². The molecule has 0 heterocycles. The van der Waals surface area contributed by atoms with E-state index in [0.717, 1.165) is 11.3 Å². The number of rotatable bonds is 6. The van der Waals surface area contributed by atoms with Gasteiger partial charge in [0.15, 0.2) is 11.5 Å². The molecule has 0 amide bonds. The summed E-state index contributed by atoms with van der Waals surface area (Å²) < 4.78 is 10.8. The second-order valence-electron chi connectivity index (χ2n) is 4.34. The molecule has 4 nitrogen and oxygen atoms in total. The van der Waals surface area contributed by atoms with Crippen LogP contribution in [0.4, 0.5) is 5.69 Å². The summed E-state index contributed by atoms with van der Waals surface area (Å²) in [5, 5.41) is 5.32. The summed E-state index contributed by atoms with van der Waals surface area (Å²) in [5.41, 5.74) is 4.56. The van der Waals surface area contributed by atoms with Crippen molar-refractivity contribution < 1.29 is 9.47 Å². The molecule has 2 aromatic carbocycles. The molecular formula is C16H16Cl2N2O2. The predicted octanol–water partition coefficient (Wildman–Crippen LogP) is 4.85. The smallest absolute Gasteiger partial charge is 0.179 e. The third-order valence-electron chi connectivity index (χ3n) is 2.79. The number of halogens is 2. The van der Waals surface area contributed by atoms with Crippen molar-refractivity contribution in [1.82, 2.24) is 0 Å². The van der Waals surface area contributed by atoms with Crippen LogP contribution >= 0.6 is 23.2 Å². The molecule has 6 heteroatoms. The van der Waals surface area contributed by atoms with Gasteiger partial charge in [-0.05, 0) is 48.9 Å². The molecule has 22 heavy (non-hydrogen) atoms. The number of hydrazone groups is 1. The Labute approximate surface area is 139 Å². The van der Waals surface area contributed by atoms with Gasteiger partial charge >= 0.3 is 0 Å². The Balaban J connectivity index is 2.14. The molecule has 0 aliphatic carbocycles. The van der Waals surface area contributed by atoms with Crippen molar-refractivity contribution in [1.29, 1.82) is 0 Å². The molecule has 1 N–H and O–H groups in total. The average Bonchev–Trinajstić information content (AvgIpc) is 2.49. The van der Waals surface area contributed by atoms with Gasteiger partial charge in [-0.1, -0.05) is 23.2 Å². The Morgan fingerprint density at radius 3 is 2.55 bits per heavy atom. The van der Waals surface area contributed by atoms with Crippen LogP contribution in [0.25, 0.3) is 0 Å². The van der Waals surface area contributed by atoms with Crippen LogP contribution in [0.1, 0.15) is 12.5 Å². The minimum Gasteiger partial charge on any atom is -0.491 e. The number of benzene rings is 2. The monoisotopic (exact) mass is 338 g/mol. The number of nitrogens with one attached hydrogen (secondary N) is 1. The summed E-state index contributed by atoms with van der Waals surface area (Å²) in [7, 11) is 1.56. The number of ether oxygens (including phenoxy) is 2. The maximum Gasteiger partial charge on any atom is 0.179 e. The topological polar surface area (TPSA) is 42.8 Å². The molecule has 0 aliphatic rings. The molecule has 116 valence electrons. The average molecular weight is 339 g/mol. The SMILES string of the molecule is CCOc1cc(/C=N/Nc2ccc(Cl)cc2)cc(Cl)c1OC. The van der Waals surface area contributed by atoms with Crippen molar-refractivity contribution in [3.63, 3.8) is 0 Å². The number of hydrogen-bond acceptors (Lipinski definition) is 4. The first-order valence-electron chi connectivity index (χ1n) is 6.69. The van der Waals surface area contributed by atoms with E-state index in [9.17, 15) is 0 Å². The number of hydrogen-bond donors (Lipinski definition) is 1. The van der Waals surface area contributed by atoms with Crippen LogP contribution in [0.5, 0.6) is 11.5 Å². The number of anilines is 1. The molecule has 0 atom stereocenters. The van der Waals surface area contributed by atoms with Crippen LogP contribution in [0.3, 0.4) is 0 Å². The molecule has 0 fully saturated rings. The minimum atomic E-state index is 0.474. The van der Waals surface area contributed by atoms with Crippen LogP contribution in [0.2, 0.25) is 10.0 Å². The van der Waals surface area contributed by atoms with Crippen molar-refractivity contribution in [2.24, 2.45) is 5.10 Å². The highest BCUT2D eigenvalue weighted by atomic mass is 35.5. The van der Waals surface area contributed by atoms with Crippen LogP contribution in [0, 0.1) is 0 Å². The van der Waals surface area contributed by atoms with Crippen molar-refractivity contribution in [2.45, 2.75) is 6.92 Å². The molecule has 0 unspecified atom stereocenters. The van der Waals surface area contributed by atoms with Crippen LogP contribution in [-0.2, 0) is 0 Å². The van der Waals surface area contributed by atoms with Gasteiger partial charge in [-0.25, -0.2) is 0 Å². The fourth-order valence-corrected chi connectivity index (χ4v) is 2.25. The van der Waals surface area contributed by atoms with Gasteiger partial charge < -0.3 is 9.47 Å². The van der Waals surface area contributed by atoms with Gasteiger partial charge in [0.1, 0.15) is 0 Å². The summed E-state index contributed by atoms with van der Waals surface area (Å²) in [5.74, 6) is 1.11. The molecule has 0 aromatic heterocycles. The normalized spacial score (nSPS) is 10.7. The Morgan fingerprint density at radius 1 is 1.18 bits per heavy atom. The summed E-state index contributed by atoms with van der Waals surface area (Å²) in [4.78, 5) is 0. The van der Waals surface area contributed by atoms with Gasteiger partial charge in [-0.3, -0.25) is 5.43 Å². The molecule has 0 saturated heterocycles. The first kappa shape index (κ1) is 16.5. The zero-order chi connectivity index (χ0) is 15.9. The van der Waals surface area contributed by atoms with Gasteiger partial charge in [0.25, 0.3) is 0 Å². The molecule has 2 rings (SSSR count). The van der Waals surface area contributed by atoms with E-state index in [4.69, 9.17) is 32.7 Å². The van der Waals surface area contributed by atoms with Crippen LogP contribution in [-0.4, -0.2) is 19.9 Å². The molecule has 0 radical (unpaired) electrons. The molecule has 0 aliphatic heterocycles. The Kier molecular flexibility index (Phi) is 5.92. The molecule has 0 saturated carbocycles. The van der Waals surface area contributed by atoms with Crippen molar-refractivity contribution >= 4 is 35.1 Å². The summed E-state index contributed by atoms with van der Waals surface area (Å²) in [6.45, 7) is 2.42. The number of nitrogens with zero attached hydrogens (tertiary/aromatic N) is 1. The summed E-state index contributed by atoms with van der Waals surface area (Å²) in [6.07, 6.45) is 1.66. The van der Waals surface area contributed by atoms with E-state index >= 15 is 0 Å². The van der Waals surface area contributed by atoms with E-state index in [1.54, 1.807) is 31.5 Å². The van der Waals surface area contributed by atoms with Gasteiger partial charge in [0.2, 0.25) is 0 Å². The van der Waals surface area contributed by atoms with Crippen LogP contribution < -0.4 is 14.9 Å². The molecule has 0 bridgehead atoms. The van der Waals surface area contributed by atoms with E-state index in [1.807, 2.05) is 25.1 Å². The maximum atomic E-state index is 6.18.